The summed E-state index contributed by atoms with van der Waals surface area (Å²) >= 11 is 0. The fraction of sp³-hybridized carbons (Fsp3) is 0.200. The van der Waals surface area contributed by atoms with E-state index in [0.717, 1.165) is 5.56 Å². The van der Waals surface area contributed by atoms with Gasteiger partial charge in [-0.25, -0.2) is 5.90 Å². The first kappa shape index (κ1) is 11.1. The lowest BCUT2D eigenvalue weighted by molar-refractivity contribution is 0.141. The Kier molecular flexibility index (Phi) is 3.21. The lowest BCUT2D eigenvalue weighted by Crippen LogP contribution is -2.17. The van der Waals surface area contributed by atoms with Gasteiger partial charge in [0.1, 0.15) is 11.2 Å². The van der Waals surface area contributed by atoms with Crippen molar-refractivity contribution in [2.45, 2.75) is 6.42 Å². The lowest BCUT2D eigenvalue weighted by atomic mass is 9.94. The zero-order valence-electron chi connectivity index (χ0n) is 8.45. The third-order valence-corrected chi connectivity index (χ3v) is 2.32. The molecule has 0 atom stereocenters. The van der Waals surface area contributed by atoms with Gasteiger partial charge in [0.05, 0.1) is 6.61 Å². The molecule has 0 saturated carbocycles. The quantitative estimate of drug-likeness (QED) is 0.633. The van der Waals surface area contributed by atoms with Crippen molar-refractivity contribution in [2.75, 3.05) is 6.61 Å². The zero-order valence-corrected chi connectivity index (χ0v) is 8.45. The monoisotopic (exact) mass is 225 g/mol. The Hall–Kier alpha value is -1.40. The molecule has 0 fully saturated rings. The van der Waals surface area contributed by atoms with Gasteiger partial charge < -0.3 is 9.25 Å². The number of rotatable bonds is 4. The molecule has 3 nitrogen and oxygen atoms in total. The van der Waals surface area contributed by atoms with E-state index in [1.165, 1.54) is 6.07 Å². The summed E-state index contributed by atoms with van der Waals surface area (Å²) in [5.74, 6) is 4.92. The molecule has 1 heterocycles. The molecule has 2 rings (SSSR count). The third-order valence-electron chi connectivity index (χ3n) is 2.32. The van der Waals surface area contributed by atoms with Crippen LogP contribution >= 0.6 is 0 Å². The molecule has 1 aromatic carbocycles. The average molecular weight is 225 g/mol. The van der Waals surface area contributed by atoms with Crippen molar-refractivity contribution in [3.05, 3.63) is 29.8 Å². The highest BCUT2D eigenvalue weighted by atomic mass is 19.2. The molecular formula is C10H10BF2NO2. The van der Waals surface area contributed by atoms with Crippen LogP contribution in [0.4, 0.5) is 8.63 Å². The molecular weight excluding hydrogens is 215 g/mol. The molecule has 1 aromatic heterocycles. The first-order valence-electron chi connectivity index (χ1n) is 4.83. The van der Waals surface area contributed by atoms with E-state index in [9.17, 15) is 8.63 Å². The van der Waals surface area contributed by atoms with Crippen LogP contribution in [0.2, 0.25) is 0 Å². The molecule has 0 saturated heterocycles. The summed E-state index contributed by atoms with van der Waals surface area (Å²) < 4.78 is 29.7. The molecule has 0 amide bonds. The van der Waals surface area contributed by atoms with E-state index < -0.39 is 7.27 Å². The van der Waals surface area contributed by atoms with E-state index in [2.05, 4.69) is 4.84 Å². The summed E-state index contributed by atoms with van der Waals surface area (Å²) in [5, 5.41) is 0.671. The largest absolute Gasteiger partial charge is 0.608 e. The van der Waals surface area contributed by atoms with Crippen molar-refractivity contribution in [3.63, 3.8) is 0 Å². The summed E-state index contributed by atoms with van der Waals surface area (Å²) in [4.78, 5) is 4.46. The van der Waals surface area contributed by atoms with Crippen molar-refractivity contribution in [1.29, 1.82) is 0 Å². The van der Waals surface area contributed by atoms with E-state index in [1.54, 1.807) is 18.2 Å². The Labute approximate surface area is 91.3 Å². The smallest absolute Gasteiger partial charge is 0.464 e. The lowest BCUT2D eigenvalue weighted by Gasteiger charge is -1.98. The molecule has 0 spiro atoms. The van der Waals surface area contributed by atoms with Crippen LogP contribution in [-0.2, 0) is 11.3 Å². The molecule has 0 unspecified atom stereocenters. The highest BCUT2D eigenvalue weighted by Gasteiger charge is 2.21. The standard InChI is InChI=1S/C10H10BF2NO2/c12-11(13)10-6-8-5-7(3-4-15-14)1-2-9(8)16-10/h1-2,5-6H,3-4,14H2. The van der Waals surface area contributed by atoms with Gasteiger partial charge in [-0.15, -0.1) is 0 Å². The van der Waals surface area contributed by atoms with Crippen LogP contribution in [0.15, 0.2) is 28.7 Å². The summed E-state index contributed by atoms with van der Waals surface area (Å²) in [5.41, 5.74) is 1.13. The second-order valence-electron chi connectivity index (χ2n) is 3.44. The van der Waals surface area contributed by atoms with E-state index in [4.69, 9.17) is 10.3 Å². The summed E-state index contributed by atoms with van der Waals surface area (Å²) in [6.45, 7) is 0.394. The average Bonchev–Trinajstić information content (AvgIpc) is 2.69. The summed E-state index contributed by atoms with van der Waals surface area (Å²) in [6.07, 6.45) is 0.641. The van der Waals surface area contributed by atoms with Gasteiger partial charge >= 0.3 is 7.27 Å². The van der Waals surface area contributed by atoms with Crippen molar-refractivity contribution in [2.24, 2.45) is 5.90 Å². The molecule has 0 radical (unpaired) electrons. The van der Waals surface area contributed by atoms with Crippen LogP contribution in [0.5, 0.6) is 0 Å². The summed E-state index contributed by atoms with van der Waals surface area (Å²) in [6, 6.07) is 6.63. The second kappa shape index (κ2) is 4.63. The molecule has 0 aliphatic rings. The fourth-order valence-corrected chi connectivity index (χ4v) is 1.55. The SMILES string of the molecule is NOCCc1ccc2oc(B(F)F)cc2c1. The first-order chi connectivity index (χ1) is 7.70. The van der Waals surface area contributed by atoms with Gasteiger partial charge in [0.2, 0.25) is 0 Å². The first-order valence-corrected chi connectivity index (χ1v) is 4.83. The van der Waals surface area contributed by atoms with Crippen LogP contribution in [-0.4, -0.2) is 13.9 Å². The number of fused-ring (bicyclic) bond motifs is 1. The summed E-state index contributed by atoms with van der Waals surface area (Å²) in [7, 11) is -2.58. The van der Waals surface area contributed by atoms with Gasteiger partial charge in [0.15, 0.2) is 0 Å². The molecule has 16 heavy (non-hydrogen) atoms. The van der Waals surface area contributed by atoms with Crippen molar-refractivity contribution < 1.29 is 17.9 Å². The van der Waals surface area contributed by atoms with E-state index >= 15 is 0 Å². The maximum absolute atomic E-state index is 12.4. The minimum atomic E-state index is -2.58. The number of hydrogen-bond donors (Lipinski definition) is 1. The Morgan fingerprint density at radius 1 is 1.31 bits per heavy atom. The molecule has 2 aromatic rings. The number of furan rings is 1. The van der Waals surface area contributed by atoms with Crippen LogP contribution in [0.3, 0.4) is 0 Å². The molecule has 6 heteroatoms. The second-order valence-corrected chi connectivity index (χ2v) is 3.44. The minimum absolute atomic E-state index is 0.303. The number of hydrogen-bond acceptors (Lipinski definition) is 3. The Balaban J connectivity index is 2.30. The minimum Gasteiger partial charge on any atom is -0.464 e. The van der Waals surface area contributed by atoms with E-state index in [0.29, 0.717) is 24.0 Å². The number of nitrogens with two attached hydrogens (primary N) is 1. The number of benzene rings is 1. The zero-order chi connectivity index (χ0) is 11.5. The fourth-order valence-electron chi connectivity index (χ4n) is 1.55. The van der Waals surface area contributed by atoms with Crippen LogP contribution in [0.25, 0.3) is 11.0 Å². The van der Waals surface area contributed by atoms with Gasteiger partial charge in [-0.3, -0.25) is 8.63 Å². The Morgan fingerprint density at radius 3 is 2.81 bits per heavy atom. The normalized spacial score (nSPS) is 10.9. The number of halogens is 2. The molecule has 0 aliphatic carbocycles. The van der Waals surface area contributed by atoms with Gasteiger partial charge in [0, 0.05) is 5.39 Å². The van der Waals surface area contributed by atoms with Crippen molar-refractivity contribution in [1.82, 2.24) is 0 Å². The highest BCUT2D eigenvalue weighted by Crippen LogP contribution is 2.17. The van der Waals surface area contributed by atoms with Gasteiger partial charge in [0.25, 0.3) is 0 Å². The molecule has 2 N–H and O–H groups in total. The van der Waals surface area contributed by atoms with Crippen LogP contribution in [0.1, 0.15) is 5.56 Å². The van der Waals surface area contributed by atoms with E-state index in [1.807, 2.05) is 0 Å². The maximum Gasteiger partial charge on any atom is 0.608 e. The molecule has 0 bridgehead atoms. The predicted octanol–water partition coefficient (Wildman–Crippen LogP) is 1.50. The van der Waals surface area contributed by atoms with Crippen LogP contribution in [0, 0.1) is 0 Å². The molecule has 84 valence electrons. The third kappa shape index (κ3) is 2.23. The highest BCUT2D eigenvalue weighted by molar-refractivity contribution is 6.58. The van der Waals surface area contributed by atoms with Gasteiger partial charge in [-0.2, -0.15) is 0 Å². The van der Waals surface area contributed by atoms with Crippen molar-refractivity contribution in [3.8, 4) is 0 Å². The van der Waals surface area contributed by atoms with Crippen LogP contribution < -0.4 is 11.6 Å². The Morgan fingerprint density at radius 2 is 2.12 bits per heavy atom. The van der Waals surface area contributed by atoms with Gasteiger partial charge in [-0.05, 0) is 30.2 Å². The topological polar surface area (TPSA) is 48.4 Å². The van der Waals surface area contributed by atoms with E-state index in [-0.39, 0.29) is 5.66 Å². The Bertz CT molecular complexity index is 487. The van der Waals surface area contributed by atoms with Gasteiger partial charge in [-0.1, -0.05) is 6.07 Å². The predicted molar refractivity (Wildman–Crippen MR) is 57.7 cm³/mol. The maximum atomic E-state index is 12.4. The molecule has 0 aliphatic heterocycles. The van der Waals surface area contributed by atoms with Crippen molar-refractivity contribution >= 4 is 23.9 Å².